The molecule has 3 rings (SSSR count). The number of benzene rings is 1. The molecule has 3 aromatic rings. The van der Waals surface area contributed by atoms with Gasteiger partial charge in [-0.1, -0.05) is 29.4 Å². The molecule has 0 unspecified atom stereocenters. The molecule has 14 heavy (non-hydrogen) atoms. The van der Waals surface area contributed by atoms with Gasteiger partial charge < -0.3 is 0 Å². The fourth-order valence-corrected chi connectivity index (χ4v) is 1.46. The van der Waals surface area contributed by atoms with Crippen LogP contribution in [0.4, 0.5) is 4.39 Å². The van der Waals surface area contributed by atoms with E-state index in [0.29, 0.717) is 5.65 Å². The fraction of sp³-hybridized carbons (Fsp3) is 0. The summed E-state index contributed by atoms with van der Waals surface area (Å²) in [5, 5.41) is 12.7. The number of nitrogens with zero attached hydrogens (tertiary/aromatic N) is 4. The molecule has 5 heteroatoms. The van der Waals surface area contributed by atoms with Crippen LogP contribution in [0.2, 0.25) is 0 Å². The third kappa shape index (κ3) is 0.834. The molecule has 2 aromatic heterocycles. The lowest BCUT2D eigenvalue weighted by Crippen LogP contribution is -1.94. The van der Waals surface area contributed by atoms with Gasteiger partial charge in [-0.3, -0.25) is 0 Å². The van der Waals surface area contributed by atoms with Gasteiger partial charge >= 0.3 is 6.08 Å². The Kier molecular flexibility index (Phi) is 1.30. The molecule has 0 radical (unpaired) electrons. The van der Waals surface area contributed by atoms with Crippen molar-refractivity contribution in [2.45, 2.75) is 0 Å². The van der Waals surface area contributed by atoms with E-state index in [1.54, 1.807) is 6.20 Å². The van der Waals surface area contributed by atoms with Crippen molar-refractivity contribution in [3.05, 3.63) is 36.5 Å². The minimum absolute atomic E-state index is 0.445. The second-order valence-electron chi connectivity index (χ2n) is 2.94. The van der Waals surface area contributed by atoms with E-state index < -0.39 is 6.08 Å². The number of rotatable bonds is 0. The molecule has 0 aliphatic rings. The van der Waals surface area contributed by atoms with Crippen molar-refractivity contribution in [3.8, 4) is 0 Å². The van der Waals surface area contributed by atoms with Crippen LogP contribution in [0.25, 0.3) is 16.4 Å². The Labute approximate surface area is 78.0 Å². The maximum Gasteiger partial charge on any atom is 0.330 e. The lowest BCUT2D eigenvalue weighted by molar-refractivity contribution is 0.508. The van der Waals surface area contributed by atoms with Crippen molar-refractivity contribution in [1.82, 2.24) is 19.8 Å². The summed E-state index contributed by atoms with van der Waals surface area (Å²) in [4.78, 5) is 0. The summed E-state index contributed by atoms with van der Waals surface area (Å²) in [5.74, 6) is 0. The zero-order chi connectivity index (χ0) is 9.54. The smallest absolute Gasteiger partial charge is 0.170 e. The van der Waals surface area contributed by atoms with E-state index in [0.717, 1.165) is 15.3 Å². The van der Waals surface area contributed by atoms with Gasteiger partial charge in [0.25, 0.3) is 0 Å². The monoisotopic (exact) mass is 188 g/mol. The SMILES string of the molecule is Fc1nnc2c3ccccc3cnn12. The van der Waals surface area contributed by atoms with Crippen LogP contribution in [0.15, 0.2) is 30.5 Å². The number of hydrogen-bond donors (Lipinski definition) is 0. The maximum atomic E-state index is 13.0. The zero-order valence-electron chi connectivity index (χ0n) is 7.05. The summed E-state index contributed by atoms with van der Waals surface area (Å²) < 4.78 is 14.1. The summed E-state index contributed by atoms with van der Waals surface area (Å²) in [6, 6.07) is 7.53. The molecule has 0 atom stereocenters. The van der Waals surface area contributed by atoms with E-state index in [1.807, 2.05) is 24.3 Å². The van der Waals surface area contributed by atoms with Gasteiger partial charge in [0.05, 0.1) is 6.20 Å². The van der Waals surface area contributed by atoms with E-state index in [2.05, 4.69) is 15.3 Å². The van der Waals surface area contributed by atoms with Crippen LogP contribution in [0.5, 0.6) is 0 Å². The van der Waals surface area contributed by atoms with Gasteiger partial charge in [0.1, 0.15) is 0 Å². The van der Waals surface area contributed by atoms with E-state index in [4.69, 9.17) is 0 Å². The fourth-order valence-electron chi connectivity index (χ4n) is 1.46. The summed E-state index contributed by atoms with van der Waals surface area (Å²) in [6.07, 6.45) is 0.903. The number of aromatic nitrogens is 4. The first-order valence-electron chi connectivity index (χ1n) is 4.11. The van der Waals surface area contributed by atoms with Crippen molar-refractivity contribution < 1.29 is 4.39 Å². The molecule has 0 amide bonds. The quantitative estimate of drug-likeness (QED) is 0.535. The van der Waals surface area contributed by atoms with Gasteiger partial charge in [-0.25, -0.2) is 0 Å². The second kappa shape index (κ2) is 2.47. The molecule has 0 spiro atoms. The molecule has 0 aliphatic heterocycles. The number of hydrogen-bond acceptors (Lipinski definition) is 3. The van der Waals surface area contributed by atoms with Crippen LogP contribution in [0, 0.1) is 6.08 Å². The first-order chi connectivity index (χ1) is 6.86. The largest absolute Gasteiger partial charge is 0.330 e. The van der Waals surface area contributed by atoms with Gasteiger partial charge in [0, 0.05) is 10.8 Å². The highest BCUT2D eigenvalue weighted by atomic mass is 19.1. The predicted octanol–water partition coefficient (Wildman–Crippen LogP) is 1.42. The predicted molar refractivity (Wildman–Crippen MR) is 48.2 cm³/mol. The highest BCUT2D eigenvalue weighted by Gasteiger charge is 2.07. The first kappa shape index (κ1) is 7.37. The number of halogens is 1. The average molecular weight is 188 g/mol. The molecule has 1 aromatic carbocycles. The normalized spacial score (nSPS) is 11.2. The molecule has 0 saturated heterocycles. The van der Waals surface area contributed by atoms with Crippen LogP contribution in [0.3, 0.4) is 0 Å². The highest BCUT2D eigenvalue weighted by molar-refractivity contribution is 5.92. The molecular weight excluding hydrogens is 183 g/mol. The average Bonchev–Trinajstić information content (AvgIpc) is 2.61. The van der Waals surface area contributed by atoms with E-state index in [-0.39, 0.29) is 0 Å². The molecule has 0 aliphatic carbocycles. The lowest BCUT2D eigenvalue weighted by Gasteiger charge is -1.96. The Hall–Kier alpha value is -2.04. The Bertz CT molecular complexity index is 616. The van der Waals surface area contributed by atoms with Gasteiger partial charge in [-0.2, -0.15) is 14.0 Å². The Balaban J connectivity index is 2.61. The Morgan fingerprint density at radius 1 is 1.14 bits per heavy atom. The van der Waals surface area contributed by atoms with Crippen LogP contribution < -0.4 is 0 Å². The van der Waals surface area contributed by atoms with Crippen LogP contribution in [0.1, 0.15) is 0 Å². The molecular formula is C9H5FN4. The summed E-state index contributed by atoms with van der Waals surface area (Å²) in [7, 11) is 0. The van der Waals surface area contributed by atoms with Gasteiger partial charge in [-0.05, 0) is 0 Å². The second-order valence-corrected chi connectivity index (χ2v) is 2.94. The third-order valence-electron chi connectivity index (χ3n) is 2.12. The lowest BCUT2D eigenvalue weighted by atomic mass is 10.2. The van der Waals surface area contributed by atoms with Gasteiger partial charge in [0.2, 0.25) is 0 Å². The maximum absolute atomic E-state index is 13.0. The molecule has 0 fully saturated rings. The summed E-state index contributed by atoms with van der Waals surface area (Å²) >= 11 is 0. The zero-order valence-corrected chi connectivity index (χ0v) is 7.05. The standard InChI is InChI=1S/C9H5FN4/c10-9-13-12-8-7-4-2-1-3-6(7)5-11-14(8)9/h1-5H. The molecule has 0 saturated carbocycles. The molecule has 0 bridgehead atoms. The van der Waals surface area contributed by atoms with Crippen molar-refractivity contribution in [1.29, 1.82) is 0 Å². The van der Waals surface area contributed by atoms with Crippen molar-refractivity contribution in [2.75, 3.05) is 0 Å². The third-order valence-corrected chi connectivity index (χ3v) is 2.12. The topological polar surface area (TPSA) is 43.1 Å². The van der Waals surface area contributed by atoms with Gasteiger partial charge in [-0.15, -0.1) is 5.10 Å². The summed E-state index contributed by atoms with van der Waals surface area (Å²) in [6.45, 7) is 0. The molecule has 68 valence electrons. The van der Waals surface area contributed by atoms with Crippen LogP contribution >= 0.6 is 0 Å². The molecule has 4 nitrogen and oxygen atoms in total. The van der Waals surface area contributed by atoms with Crippen molar-refractivity contribution >= 4 is 16.4 Å². The minimum Gasteiger partial charge on any atom is -0.170 e. The Morgan fingerprint density at radius 2 is 2.00 bits per heavy atom. The number of fused-ring (bicyclic) bond motifs is 3. The van der Waals surface area contributed by atoms with Gasteiger partial charge in [0.15, 0.2) is 5.65 Å². The minimum atomic E-state index is -0.689. The summed E-state index contributed by atoms with van der Waals surface area (Å²) in [5.41, 5.74) is 0.445. The van der Waals surface area contributed by atoms with Crippen LogP contribution in [-0.2, 0) is 0 Å². The van der Waals surface area contributed by atoms with Crippen molar-refractivity contribution in [2.24, 2.45) is 0 Å². The van der Waals surface area contributed by atoms with E-state index in [1.165, 1.54) is 0 Å². The molecule has 2 heterocycles. The first-order valence-corrected chi connectivity index (χ1v) is 4.11. The van der Waals surface area contributed by atoms with Crippen LogP contribution in [-0.4, -0.2) is 19.8 Å². The van der Waals surface area contributed by atoms with Crippen molar-refractivity contribution in [3.63, 3.8) is 0 Å². The molecule has 0 N–H and O–H groups in total. The Morgan fingerprint density at radius 3 is 2.93 bits per heavy atom. The van der Waals surface area contributed by atoms with E-state index in [9.17, 15) is 4.39 Å². The van der Waals surface area contributed by atoms with E-state index >= 15 is 0 Å². The highest BCUT2D eigenvalue weighted by Crippen LogP contribution is 2.16.